The number of rotatable bonds is 6. The Kier molecular flexibility index (Phi) is 5.01. The Labute approximate surface area is 102 Å². The first-order valence-corrected chi connectivity index (χ1v) is 6.02. The van der Waals surface area contributed by atoms with Gasteiger partial charge < -0.3 is 9.84 Å². The molecule has 0 aliphatic rings. The molecule has 0 saturated carbocycles. The van der Waals surface area contributed by atoms with Gasteiger partial charge in [0.25, 0.3) is 0 Å². The zero-order chi connectivity index (χ0) is 12.8. The Balaban J connectivity index is 2.93. The molecule has 0 atom stereocenters. The molecule has 0 fully saturated rings. The van der Waals surface area contributed by atoms with Crippen LogP contribution in [0.4, 0.5) is 0 Å². The van der Waals surface area contributed by atoms with Crippen LogP contribution in [0.2, 0.25) is 0 Å². The van der Waals surface area contributed by atoms with Crippen molar-refractivity contribution in [2.75, 3.05) is 6.61 Å². The van der Waals surface area contributed by atoms with Crippen LogP contribution in [-0.2, 0) is 11.2 Å². The molecule has 17 heavy (non-hydrogen) atoms. The van der Waals surface area contributed by atoms with E-state index in [2.05, 4.69) is 19.9 Å². The second kappa shape index (κ2) is 6.28. The first-order valence-electron chi connectivity index (χ1n) is 6.02. The smallest absolute Gasteiger partial charge is 0.303 e. The van der Waals surface area contributed by atoms with Crippen LogP contribution in [-0.4, -0.2) is 17.7 Å². The number of aryl methyl sites for hydroxylation is 1. The van der Waals surface area contributed by atoms with Gasteiger partial charge in [-0.25, -0.2) is 0 Å². The number of aliphatic carboxylic acids is 1. The van der Waals surface area contributed by atoms with E-state index in [4.69, 9.17) is 9.84 Å². The van der Waals surface area contributed by atoms with Gasteiger partial charge >= 0.3 is 5.97 Å². The summed E-state index contributed by atoms with van der Waals surface area (Å²) in [7, 11) is 0. The standard InChI is InChI=1S/C14H20O3/c1-4-17-13-7-5-11(10(2)3)9-12(13)6-8-14(15)16/h5,7,9-10H,4,6,8H2,1-3H3,(H,15,16). The summed E-state index contributed by atoms with van der Waals surface area (Å²) >= 11 is 0. The van der Waals surface area contributed by atoms with E-state index >= 15 is 0 Å². The summed E-state index contributed by atoms with van der Waals surface area (Å²) in [4.78, 5) is 10.6. The molecule has 0 unspecified atom stereocenters. The first-order chi connectivity index (χ1) is 8.04. The third-order valence-corrected chi connectivity index (χ3v) is 2.66. The summed E-state index contributed by atoms with van der Waals surface area (Å²) in [6, 6.07) is 6.04. The predicted octanol–water partition coefficient (Wildman–Crippen LogP) is 3.23. The van der Waals surface area contributed by atoms with E-state index in [1.54, 1.807) is 0 Å². The van der Waals surface area contributed by atoms with Crippen molar-refractivity contribution in [1.29, 1.82) is 0 Å². The zero-order valence-corrected chi connectivity index (χ0v) is 10.7. The van der Waals surface area contributed by atoms with Crippen molar-refractivity contribution in [2.45, 2.75) is 39.5 Å². The van der Waals surface area contributed by atoms with Crippen LogP contribution in [0.3, 0.4) is 0 Å². The minimum atomic E-state index is -0.776. The molecule has 0 radical (unpaired) electrons. The zero-order valence-electron chi connectivity index (χ0n) is 10.7. The van der Waals surface area contributed by atoms with E-state index in [0.717, 1.165) is 11.3 Å². The van der Waals surface area contributed by atoms with E-state index in [9.17, 15) is 4.79 Å². The molecular formula is C14H20O3. The molecule has 3 nitrogen and oxygen atoms in total. The Bertz CT molecular complexity index is 383. The van der Waals surface area contributed by atoms with E-state index in [-0.39, 0.29) is 6.42 Å². The van der Waals surface area contributed by atoms with Crippen LogP contribution in [0.15, 0.2) is 18.2 Å². The van der Waals surface area contributed by atoms with Crippen molar-refractivity contribution >= 4 is 5.97 Å². The molecule has 0 saturated heterocycles. The van der Waals surface area contributed by atoms with E-state index in [1.165, 1.54) is 5.56 Å². The molecule has 0 spiro atoms. The lowest BCUT2D eigenvalue weighted by molar-refractivity contribution is -0.136. The first kappa shape index (κ1) is 13.6. The van der Waals surface area contributed by atoms with Crippen LogP contribution >= 0.6 is 0 Å². The fourth-order valence-electron chi connectivity index (χ4n) is 1.69. The molecule has 1 aromatic rings. The molecule has 1 N–H and O–H groups in total. The van der Waals surface area contributed by atoms with Gasteiger partial charge in [-0.05, 0) is 36.5 Å². The molecule has 0 aromatic heterocycles. The van der Waals surface area contributed by atoms with Gasteiger partial charge in [0.1, 0.15) is 5.75 Å². The summed E-state index contributed by atoms with van der Waals surface area (Å²) in [5.41, 5.74) is 2.20. The van der Waals surface area contributed by atoms with Gasteiger partial charge in [-0.2, -0.15) is 0 Å². The Morgan fingerprint density at radius 3 is 2.65 bits per heavy atom. The van der Waals surface area contributed by atoms with Crippen LogP contribution in [0.25, 0.3) is 0 Å². The van der Waals surface area contributed by atoms with Crippen molar-refractivity contribution < 1.29 is 14.6 Å². The number of hydrogen-bond acceptors (Lipinski definition) is 2. The SMILES string of the molecule is CCOc1ccc(C(C)C)cc1CCC(=O)O. The summed E-state index contributed by atoms with van der Waals surface area (Å²) < 4.78 is 5.51. The van der Waals surface area contributed by atoms with Crippen LogP contribution in [0.5, 0.6) is 5.75 Å². The third kappa shape index (κ3) is 4.10. The average molecular weight is 236 g/mol. The highest BCUT2D eigenvalue weighted by Gasteiger charge is 2.09. The monoisotopic (exact) mass is 236 g/mol. The van der Waals surface area contributed by atoms with Crippen LogP contribution in [0, 0.1) is 0 Å². The summed E-state index contributed by atoms with van der Waals surface area (Å²) in [5.74, 6) is 0.467. The Hall–Kier alpha value is -1.51. The summed E-state index contributed by atoms with van der Waals surface area (Å²) in [6.07, 6.45) is 0.660. The minimum Gasteiger partial charge on any atom is -0.494 e. The molecule has 0 amide bonds. The fraction of sp³-hybridized carbons (Fsp3) is 0.500. The number of hydrogen-bond donors (Lipinski definition) is 1. The Morgan fingerprint density at radius 2 is 2.12 bits per heavy atom. The van der Waals surface area contributed by atoms with Gasteiger partial charge in [0.15, 0.2) is 0 Å². The lowest BCUT2D eigenvalue weighted by Gasteiger charge is -2.13. The lowest BCUT2D eigenvalue weighted by atomic mass is 9.98. The van der Waals surface area contributed by atoms with Gasteiger partial charge in [-0.15, -0.1) is 0 Å². The lowest BCUT2D eigenvalue weighted by Crippen LogP contribution is -2.02. The van der Waals surface area contributed by atoms with Crippen molar-refractivity contribution in [3.05, 3.63) is 29.3 Å². The number of ether oxygens (including phenoxy) is 1. The van der Waals surface area contributed by atoms with Gasteiger partial charge in [0.05, 0.1) is 6.61 Å². The molecule has 0 aliphatic carbocycles. The Morgan fingerprint density at radius 1 is 1.41 bits per heavy atom. The van der Waals surface area contributed by atoms with Crippen molar-refractivity contribution in [2.24, 2.45) is 0 Å². The van der Waals surface area contributed by atoms with Gasteiger partial charge in [-0.3, -0.25) is 4.79 Å². The topological polar surface area (TPSA) is 46.5 Å². The minimum absolute atomic E-state index is 0.140. The molecule has 1 aromatic carbocycles. The second-order valence-corrected chi connectivity index (χ2v) is 4.35. The van der Waals surface area contributed by atoms with Gasteiger partial charge in [0.2, 0.25) is 0 Å². The fourth-order valence-corrected chi connectivity index (χ4v) is 1.69. The quantitative estimate of drug-likeness (QED) is 0.824. The number of benzene rings is 1. The highest BCUT2D eigenvalue weighted by Crippen LogP contribution is 2.25. The predicted molar refractivity (Wildman–Crippen MR) is 67.7 cm³/mol. The summed E-state index contributed by atoms with van der Waals surface area (Å²) in [5, 5.41) is 8.73. The average Bonchev–Trinajstić information content (AvgIpc) is 2.27. The maximum Gasteiger partial charge on any atom is 0.303 e. The second-order valence-electron chi connectivity index (χ2n) is 4.35. The molecule has 1 rings (SSSR count). The van der Waals surface area contributed by atoms with Crippen molar-refractivity contribution in [3.63, 3.8) is 0 Å². The maximum absolute atomic E-state index is 10.6. The van der Waals surface area contributed by atoms with Crippen LogP contribution in [0.1, 0.15) is 44.2 Å². The van der Waals surface area contributed by atoms with Crippen LogP contribution < -0.4 is 4.74 Å². The van der Waals surface area contributed by atoms with Crippen molar-refractivity contribution in [3.8, 4) is 5.75 Å². The number of carboxylic acids is 1. The molecular weight excluding hydrogens is 216 g/mol. The van der Waals surface area contributed by atoms with E-state index < -0.39 is 5.97 Å². The third-order valence-electron chi connectivity index (χ3n) is 2.66. The molecule has 0 heterocycles. The molecule has 3 heteroatoms. The van der Waals surface area contributed by atoms with E-state index in [1.807, 2.05) is 19.1 Å². The largest absolute Gasteiger partial charge is 0.494 e. The summed E-state index contributed by atoms with van der Waals surface area (Å²) in [6.45, 7) is 6.77. The maximum atomic E-state index is 10.6. The number of carboxylic acid groups (broad SMARTS) is 1. The highest BCUT2D eigenvalue weighted by atomic mass is 16.5. The number of carbonyl (C=O) groups is 1. The van der Waals surface area contributed by atoms with Crippen molar-refractivity contribution in [1.82, 2.24) is 0 Å². The highest BCUT2D eigenvalue weighted by molar-refractivity contribution is 5.67. The molecule has 0 bridgehead atoms. The van der Waals surface area contributed by atoms with Gasteiger partial charge in [-0.1, -0.05) is 26.0 Å². The molecule has 94 valence electrons. The van der Waals surface area contributed by atoms with Gasteiger partial charge in [0, 0.05) is 6.42 Å². The van der Waals surface area contributed by atoms with E-state index in [0.29, 0.717) is 18.9 Å². The normalized spacial score (nSPS) is 10.6. The molecule has 0 aliphatic heterocycles.